The van der Waals surface area contributed by atoms with E-state index in [0.29, 0.717) is 18.4 Å². The topological polar surface area (TPSA) is 42.4 Å². The molecule has 0 amide bonds. The van der Waals surface area contributed by atoms with Gasteiger partial charge in [-0.15, -0.1) is 0 Å². The van der Waals surface area contributed by atoms with Gasteiger partial charge in [0, 0.05) is 25.3 Å². The van der Waals surface area contributed by atoms with E-state index in [1.807, 2.05) is 0 Å². The third-order valence-electron chi connectivity index (χ3n) is 3.26. The Morgan fingerprint density at radius 2 is 2.38 bits per heavy atom. The Kier molecular flexibility index (Phi) is 3.21. The van der Waals surface area contributed by atoms with Crippen molar-refractivity contribution < 1.29 is 14.2 Å². The third kappa shape index (κ3) is 2.23. The number of hydrogen-bond donors (Lipinski definition) is 1. The van der Waals surface area contributed by atoms with Gasteiger partial charge in [0.25, 0.3) is 0 Å². The molecule has 16 heavy (non-hydrogen) atoms. The van der Waals surface area contributed by atoms with Gasteiger partial charge in [0.15, 0.2) is 0 Å². The van der Waals surface area contributed by atoms with Crippen LogP contribution < -0.4 is 0 Å². The average Bonchev–Trinajstić information content (AvgIpc) is 2.29. The van der Waals surface area contributed by atoms with Crippen LogP contribution in [0.15, 0.2) is 18.5 Å². The Bertz CT molecular complexity index is 372. The first-order valence-electron chi connectivity index (χ1n) is 5.50. The number of pyridine rings is 1. The number of aromatic nitrogens is 1. The zero-order valence-corrected chi connectivity index (χ0v) is 9.32. The number of nitrogens with zero attached hydrogens (tertiary/aromatic N) is 1. The fourth-order valence-corrected chi connectivity index (χ4v) is 2.33. The lowest BCUT2D eigenvalue weighted by atomic mass is 9.79. The van der Waals surface area contributed by atoms with Crippen LogP contribution in [0.3, 0.4) is 0 Å². The molecule has 1 aliphatic carbocycles. The second kappa shape index (κ2) is 4.47. The largest absolute Gasteiger partial charge is 0.385 e. The van der Waals surface area contributed by atoms with Crippen molar-refractivity contribution in [3.05, 3.63) is 29.8 Å². The number of rotatable bonds is 2. The Morgan fingerprint density at radius 1 is 1.56 bits per heavy atom. The smallest absolute Gasteiger partial charge is 0.141 e. The molecule has 88 valence electrons. The van der Waals surface area contributed by atoms with Crippen LogP contribution in [0.2, 0.25) is 0 Å². The van der Waals surface area contributed by atoms with Crippen LogP contribution in [-0.4, -0.2) is 23.3 Å². The minimum Gasteiger partial charge on any atom is -0.385 e. The molecular weight excluding hydrogens is 209 g/mol. The molecule has 1 fully saturated rings. The van der Waals surface area contributed by atoms with Crippen LogP contribution in [0.5, 0.6) is 0 Å². The molecule has 0 aromatic carbocycles. The normalized spacial score (nSPS) is 30.3. The van der Waals surface area contributed by atoms with Crippen molar-refractivity contribution in [2.24, 2.45) is 0 Å². The summed E-state index contributed by atoms with van der Waals surface area (Å²) in [5.41, 5.74) is -0.442. The maximum absolute atomic E-state index is 13.1. The highest BCUT2D eigenvalue weighted by atomic mass is 19.1. The quantitative estimate of drug-likeness (QED) is 0.837. The number of hydrogen-bond acceptors (Lipinski definition) is 3. The molecule has 1 saturated carbocycles. The Hall–Kier alpha value is -1.00. The van der Waals surface area contributed by atoms with Crippen molar-refractivity contribution in [2.45, 2.75) is 37.4 Å². The summed E-state index contributed by atoms with van der Waals surface area (Å²) >= 11 is 0. The summed E-state index contributed by atoms with van der Waals surface area (Å²) in [7, 11) is 1.64. The van der Waals surface area contributed by atoms with Crippen LogP contribution in [0.4, 0.5) is 4.39 Å². The van der Waals surface area contributed by atoms with Crippen LogP contribution in [0.1, 0.15) is 31.2 Å². The summed E-state index contributed by atoms with van der Waals surface area (Å²) in [6.07, 6.45) is 5.69. The molecule has 1 aromatic heterocycles. The first-order chi connectivity index (χ1) is 7.64. The average molecular weight is 225 g/mol. The van der Waals surface area contributed by atoms with Gasteiger partial charge in [-0.25, -0.2) is 4.39 Å². The lowest BCUT2D eigenvalue weighted by Crippen LogP contribution is -2.36. The second-order valence-electron chi connectivity index (χ2n) is 4.38. The van der Waals surface area contributed by atoms with E-state index in [4.69, 9.17) is 4.74 Å². The Labute approximate surface area is 94.3 Å². The highest BCUT2D eigenvalue weighted by Crippen LogP contribution is 2.37. The summed E-state index contributed by atoms with van der Waals surface area (Å²) in [6.45, 7) is 0. The van der Waals surface area contributed by atoms with E-state index in [1.54, 1.807) is 7.11 Å². The first-order valence-corrected chi connectivity index (χ1v) is 5.50. The second-order valence-corrected chi connectivity index (χ2v) is 4.38. The molecule has 1 heterocycles. The molecule has 2 rings (SSSR count). The standard InChI is InChI=1S/C12H16FNO2/c1-16-11-3-2-4-12(15,6-11)9-5-10(13)8-14-7-9/h5,7-8,11,15H,2-4,6H2,1H3. The summed E-state index contributed by atoms with van der Waals surface area (Å²) in [6, 6.07) is 1.35. The summed E-state index contributed by atoms with van der Waals surface area (Å²) in [4.78, 5) is 3.78. The summed E-state index contributed by atoms with van der Waals surface area (Å²) in [5, 5.41) is 10.5. The van der Waals surface area contributed by atoms with Crippen LogP contribution in [-0.2, 0) is 10.3 Å². The van der Waals surface area contributed by atoms with Gasteiger partial charge in [0.05, 0.1) is 17.9 Å². The molecule has 0 saturated heterocycles. The van der Waals surface area contributed by atoms with Gasteiger partial charge >= 0.3 is 0 Å². The van der Waals surface area contributed by atoms with Crippen molar-refractivity contribution in [3.63, 3.8) is 0 Å². The summed E-state index contributed by atoms with van der Waals surface area (Å²) in [5.74, 6) is -0.412. The monoisotopic (exact) mass is 225 g/mol. The maximum atomic E-state index is 13.1. The molecule has 0 spiro atoms. The lowest BCUT2D eigenvalue weighted by Gasteiger charge is -2.36. The van der Waals surface area contributed by atoms with Gasteiger partial charge in [-0.05, 0) is 25.3 Å². The van der Waals surface area contributed by atoms with Gasteiger partial charge < -0.3 is 9.84 Å². The van der Waals surface area contributed by atoms with Gasteiger partial charge in [0.1, 0.15) is 5.82 Å². The van der Waals surface area contributed by atoms with Crippen molar-refractivity contribution >= 4 is 0 Å². The van der Waals surface area contributed by atoms with Gasteiger partial charge in [-0.1, -0.05) is 0 Å². The van der Waals surface area contributed by atoms with E-state index >= 15 is 0 Å². The van der Waals surface area contributed by atoms with E-state index in [-0.39, 0.29) is 6.10 Å². The highest BCUT2D eigenvalue weighted by Gasteiger charge is 2.36. The summed E-state index contributed by atoms with van der Waals surface area (Å²) < 4.78 is 18.3. The minimum atomic E-state index is -0.992. The molecule has 1 aromatic rings. The van der Waals surface area contributed by atoms with Gasteiger partial charge in [-0.2, -0.15) is 0 Å². The zero-order chi connectivity index (χ0) is 11.6. The van der Waals surface area contributed by atoms with E-state index in [1.165, 1.54) is 12.3 Å². The molecule has 1 N–H and O–H groups in total. The number of methoxy groups -OCH3 is 1. The minimum absolute atomic E-state index is 0.0435. The number of ether oxygens (including phenoxy) is 1. The SMILES string of the molecule is COC1CCCC(O)(c2cncc(F)c2)C1. The van der Waals surface area contributed by atoms with E-state index < -0.39 is 11.4 Å². The predicted octanol–water partition coefficient (Wildman–Crippen LogP) is 2.00. The Morgan fingerprint density at radius 3 is 3.06 bits per heavy atom. The highest BCUT2D eigenvalue weighted by molar-refractivity contribution is 5.20. The maximum Gasteiger partial charge on any atom is 0.141 e. The molecule has 2 atom stereocenters. The molecule has 2 unspecified atom stereocenters. The van der Waals surface area contributed by atoms with E-state index in [9.17, 15) is 9.50 Å². The van der Waals surface area contributed by atoms with Crippen LogP contribution >= 0.6 is 0 Å². The lowest BCUT2D eigenvalue weighted by molar-refractivity contribution is -0.0635. The fraction of sp³-hybridized carbons (Fsp3) is 0.583. The first kappa shape index (κ1) is 11.5. The molecule has 3 nitrogen and oxygen atoms in total. The van der Waals surface area contributed by atoms with Gasteiger partial charge in [-0.3, -0.25) is 4.98 Å². The molecular formula is C12H16FNO2. The van der Waals surface area contributed by atoms with Crippen LogP contribution in [0, 0.1) is 5.82 Å². The van der Waals surface area contributed by atoms with E-state index in [2.05, 4.69) is 4.98 Å². The molecule has 0 aliphatic heterocycles. The number of halogens is 1. The molecule has 4 heteroatoms. The van der Waals surface area contributed by atoms with E-state index in [0.717, 1.165) is 19.0 Å². The van der Waals surface area contributed by atoms with Crippen molar-refractivity contribution in [1.29, 1.82) is 0 Å². The van der Waals surface area contributed by atoms with Crippen molar-refractivity contribution in [1.82, 2.24) is 4.98 Å². The molecule has 0 radical (unpaired) electrons. The van der Waals surface area contributed by atoms with Crippen LogP contribution in [0.25, 0.3) is 0 Å². The molecule has 0 bridgehead atoms. The van der Waals surface area contributed by atoms with Crippen molar-refractivity contribution in [2.75, 3.05) is 7.11 Å². The van der Waals surface area contributed by atoms with Gasteiger partial charge in [0.2, 0.25) is 0 Å². The fourth-order valence-electron chi connectivity index (χ4n) is 2.33. The Balaban J connectivity index is 2.23. The van der Waals surface area contributed by atoms with Crippen molar-refractivity contribution in [3.8, 4) is 0 Å². The predicted molar refractivity (Wildman–Crippen MR) is 57.4 cm³/mol. The number of aliphatic hydroxyl groups is 1. The zero-order valence-electron chi connectivity index (χ0n) is 9.32. The third-order valence-corrected chi connectivity index (χ3v) is 3.26. The molecule has 1 aliphatic rings.